The van der Waals surface area contributed by atoms with Crippen molar-refractivity contribution in [2.75, 3.05) is 0 Å². The zero-order chi connectivity index (χ0) is 32.4. The molecule has 15 heteroatoms. The summed E-state index contributed by atoms with van der Waals surface area (Å²) in [6.07, 6.45) is 0. The molecular formula is C28H11Br15. The summed E-state index contributed by atoms with van der Waals surface area (Å²) in [5, 5.41) is 0. The molecule has 228 valence electrons. The average Bonchev–Trinajstić information content (AvgIpc) is 2.92. The standard InChI is InChI=1S/C28H11Br15/c1-10-15(27(40,41)13-3-6-18(30)24(36)21(13)33)8-11(26(38,39)12-2-5-17(29)23(35)20(12)32)9-16(10)28(42,43)14-4-7-19(31)25(37)22(14)34/h2-9H,1H3. The Hall–Kier alpha value is 4.08. The van der Waals surface area contributed by atoms with E-state index in [2.05, 4.69) is 276 Å². The summed E-state index contributed by atoms with van der Waals surface area (Å²) in [6, 6.07) is 16.7. The molecule has 4 rings (SSSR count). The van der Waals surface area contributed by atoms with Crippen molar-refractivity contribution in [1.82, 2.24) is 0 Å². The normalized spacial score (nSPS) is 12.7. The van der Waals surface area contributed by atoms with Crippen LogP contribution in [0.15, 0.2) is 88.8 Å². The first-order chi connectivity index (χ1) is 19.8. The summed E-state index contributed by atoms with van der Waals surface area (Å²) in [5.74, 6) is 0. The SMILES string of the molecule is Cc1c(C(Br)(Br)c2ccc(Br)c(Br)c2Br)cc(C(Br)(Br)c2ccc(Br)c(Br)c2Br)cc1C(Br)(Br)c1ccc(Br)c(Br)c1Br. The molecule has 0 saturated heterocycles. The van der Waals surface area contributed by atoms with Gasteiger partial charge >= 0.3 is 0 Å². The summed E-state index contributed by atoms with van der Waals surface area (Å²) >= 11 is 57.9. The van der Waals surface area contributed by atoms with Gasteiger partial charge in [-0.25, -0.2) is 0 Å². The van der Waals surface area contributed by atoms with Crippen molar-refractivity contribution in [2.24, 2.45) is 0 Å². The predicted octanol–water partition coefficient (Wildman–Crippen LogP) is 17.8. The molecule has 0 N–H and O–H groups in total. The van der Waals surface area contributed by atoms with E-state index < -0.39 is 9.70 Å². The van der Waals surface area contributed by atoms with E-state index in [4.69, 9.17) is 0 Å². The van der Waals surface area contributed by atoms with Gasteiger partial charge in [-0.3, -0.25) is 0 Å². The molecule has 0 unspecified atom stereocenters. The molecule has 43 heavy (non-hydrogen) atoms. The fraction of sp³-hybridized carbons (Fsp3) is 0.143. The summed E-state index contributed by atoms with van der Waals surface area (Å²) in [6.45, 7) is 2.13. The Bertz CT molecular complexity index is 1670. The van der Waals surface area contributed by atoms with Gasteiger partial charge in [-0.15, -0.1) is 0 Å². The van der Waals surface area contributed by atoms with Gasteiger partial charge in [0, 0.05) is 40.3 Å². The first kappa shape index (κ1) is 39.9. The minimum atomic E-state index is -0.780. The monoisotopic (exact) mass is 1530 g/mol. The second-order valence-corrected chi connectivity index (χ2v) is 26.7. The van der Waals surface area contributed by atoms with E-state index in [1.54, 1.807) is 0 Å². The molecule has 0 aliphatic heterocycles. The molecule has 0 aromatic heterocycles. The molecular weight excluding hydrogens is 1530 g/mol. The Morgan fingerprint density at radius 2 is 0.651 bits per heavy atom. The van der Waals surface area contributed by atoms with Crippen molar-refractivity contribution in [3.8, 4) is 0 Å². The summed E-state index contributed by atoms with van der Waals surface area (Å²) in [7, 11) is 0. The highest BCUT2D eigenvalue weighted by Crippen LogP contribution is 2.58. The van der Waals surface area contributed by atoms with E-state index in [0.717, 1.165) is 79.2 Å². The van der Waals surface area contributed by atoms with E-state index in [-0.39, 0.29) is 0 Å². The van der Waals surface area contributed by atoms with E-state index in [1.807, 2.05) is 18.2 Å². The third-order valence-corrected chi connectivity index (χ3v) is 21.9. The lowest BCUT2D eigenvalue weighted by molar-refractivity contribution is 0.985. The molecule has 0 atom stereocenters. The Balaban J connectivity index is 2.11. The maximum Gasteiger partial charge on any atom is 0.132 e. The number of benzene rings is 4. The molecule has 0 saturated carbocycles. The number of halogens is 15. The summed E-state index contributed by atoms with van der Waals surface area (Å²) in [5.41, 5.74) is 6.96. The van der Waals surface area contributed by atoms with Gasteiger partial charge in [0.05, 0.1) is 0 Å². The van der Waals surface area contributed by atoms with Crippen LogP contribution in [0.25, 0.3) is 0 Å². The van der Waals surface area contributed by atoms with E-state index in [1.165, 1.54) is 0 Å². The molecule has 4 aromatic rings. The van der Waals surface area contributed by atoms with Crippen molar-refractivity contribution < 1.29 is 0 Å². The lowest BCUT2D eigenvalue weighted by Crippen LogP contribution is -2.23. The molecule has 0 spiro atoms. The third kappa shape index (κ3) is 7.81. The number of rotatable bonds is 6. The molecule has 0 radical (unpaired) electrons. The highest BCUT2D eigenvalue weighted by Gasteiger charge is 2.41. The first-order valence-electron chi connectivity index (χ1n) is 11.5. The first-order valence-corrected chi connectivity index (χ1v) is 23.4. The highest BCUT2D eigenvalue weighted by atomic mass is 79.9. The van der Waals surface area contributed by atoms with Gasteiger partial charge in [-0.2, -0.15) is 0 Å². The number of alkyl halides is 6. The van der Waals surface area contributed by atoms with Crippen LogP contribution in [0.1, 0.15) is 38.9 Å². The van der Waals surface area contributed by atoms with Crippen molar-refractivity contribution in [1.29, 1.82) is 0 Å². The van der Waals surface area contributed by atoms with Crippen LogP contribution in [0.2, 0.25) is 0 Å². The van der Waals surface area contributed by atoms with E-state index in [0.29, 0.717) is 0 Å². The van der Waals surface area contributed by atoms with Crippen LogP contribution in [0, 0.1) is 6.92 Å². The fourth-order valence-corrected chi connectivity index (χ4v) is 14.7. The Labute approximate surface area is 376 Å². The van der Waals surface area contributed by atoms with Crippen LogP contribution in [0.3, 0.4) is 0 Å². The van der Waals surface area contributed by atoms with Crippen LogP contribution in [0.5, 0.6) is 0 Å². The van der Waals surface area contributed by atoms with Crippen LogP contribution in [-0.4, -0.2) is 0 Å². The van der Waals surface area contributed by atoms with Gasteiger partial charge in [-0.1, -0.05) is 126 Å². The molecule has 0 fully saturated rings. The molecule has 0 nitrogen and oxygen atoms in total. The Kier molecular flexibility index (Phi) is 14.2. The van der Waals surface area contributed by atoms with Gasteiger partial charge in [-0.05, 0) is 207 Å². The maximum absolute atomic E-state index is 4.09. The Morgan fingerprint density at radius 1 is 0.372 bits per heavy atom. The number of hydrogen-bond donors (Lipinski definition) is 0. The smallest absolute Gasteiger partial charge is 0.0620 e. The minimum absolute atomic E-state index is 0.777. The van der Waals surface area contributed by atoms with E-state index >= 15 is 0 Å². The van der Waals surface area contributed by atoms with Crippen molar-refractivity contribution in [3.63, 3.8) is 0 Å². The van der Waals surface area contributed by atoms with Crippen LogP contribution < -0.4 is 0 Å². The van der Waals surface area contributed by atoms with Gasteiger partial charge in [0.25, 0.3) is 0 Å². The number of hydrogen-bond acceptors (Lipinski definition) is 0. The predicted molar refractivity (Wildman–Crippen MR) is 236 cm³/mol. The van der Waals surface area contributed by atoms with Crippen molar-refractivity contribution >= 4 is 239 Å². The molecule has 0 heterocycles. The maximum atomic E-state index is 4.09. The Morgan fingerprint density at radius 3 is 0.953 bits per heavy atom. The van der Waals surface area contributed by atoms with Crippen LogP contribution >= 0.6 is 239 Å². The second kappa shape index (κ2) is 15.4. The molecule has 0 aliphatic rings. The zero-order valence-corrected chi connectivity index (χ0v) is 44.6. The van der Waals surface area contributed by atoms with Gasteiger partial charge in [0.1, 0.15) is 9.70 Å². The van der Waals surface area contributed by atoms with Crippen molar-refractivity contribution in [3.05, 3.63) is 128 Å². The lowest BCUT2D eigenvalue weighted by atomic mass is 9.89. The second-order valence-electron chi connectivity index (χ2n) is 9.09. The minimum Gasteiger partial charge on any atom is -0.0620 e. The molecule has 0 aliphatic carbocycles. The van der Waals surface area contributed by atoms with Gasteiger partial charge < -0.3 is 0 Å². The van der Waals surface area contributed by atoms with Crippen LogP contribution in [0.4, 0.5) is 0 Å². The van der Waals surface area contributed by atoms with Crippen LogP contribution in [-0.2, 0) is 9.70 Å². The molecule has 0 bridgehead atoms. The highest BCUT2D eigenvalue weighted by molar-refractivity contribution is 9.25. The third-order valence-electron chi connectivity index (χ3n) is 6.57. The van der Waals surface area contributed by atoms with Gasteiger partial charge in [0.15, 0.2) is 0 Å². The quantitative estimate of drug-likeness (QED) is 0.133. The largest absolute Gasteiger partial charge is 0.132 e. The summed E-state index contributed by atoms with van der Waals surface area (Å²) < 4.78 is 5.98. The van der Waals surface area contributed by atoms with Gasteiger partial charge in [0.2, 0.25) is 0 Å². The summed E-state index contributed by atoms with van der Waals surface area (Å²) in [4.78, 5) is 0. The van der Waals surface area contributed by atoms with Crippen molar-refractivity contribution in [2.45, 2.75) is 16.6 Å². The van der Waals surface area contributed by atoms with E-state index in [9.17, 15) is 0 Å². The molecule has 4 aromatic carbocycles. The lowest BCUT2D eigenvalue weighted by Gasteiger charge is -2.34. The topological polar surface area (TPSA) is 0 Å². The fourth-order valence-electron chi connectivity index (χ4n) is 4.30. The molecule has 0 amide bonds. The average molecular weight is 1550 g/mol. The zero-order valence-electron chi connectivity index (χ0n) is 20.8.